The molecular formula is C22H28N4O4S. The molecule has 0 saturated carbocycles. The lowest BCUT2D eigenvalue weighted by Gasteiger charge is -2.33. The predicted molar refractivity (Wildman–Crippen MR) is 120 cm³/mol. The molecule has 9 heteroatoms. The molecule has 2 aromatic rings. The molecule has 1 aliphatic heterocycles. The van der Waals surface area contributed by atoms with Crippen LogP contribution in [0.3, 0.4) is 0 Å². The second-order valence-corrected chi connectivity index (χ2v) is 8.92. The zero-order valence-electron chi connectivity index (χ0n) is 18.1. The maximum atomic E-state index is 13.0. The van der Waals surface area contributed by atoms with Gasteiger partial charge >= 0.3 is 0 Å². The number of amides is 2. The van der Waals surface area contributed by atoms with Crippen LogP contribution < -0.4 is 19.7 Å². The summed E-state index contributed by atoms with van der Waals surface area (Å²) in [6, 6.07) is 5.36. The van der Waals surface area contributed by atoms with Crippen molar-refractivity contribution in [2.45, 2.75) is 26.2 Å². The number of anilines is 2. The van der Waals surface area contributed by atoms with E-state index < -0.39 is 0 Å². The number of benzene rings is 1. The number of methoxy groups -OCH3 is 2. The minimum atomic E-state index is -0.105. The number of nitrogens with zero attached hydrogens (tertiary/aromatic N) is 3. The summed E-state index contributed by atoms with van der Waals surface area (Å²) in [6.07, 6.45) is 2.26. The number of hydrogen-bond acceptors (Lipinski definition) is 7. The van der Waals surface area contributed by atoms with Gasteiger partial charge in [0.2, 0.25) is 11.8 Å². The van der Waals surface area contributed by atoms with Gasteiger partial charge in [-0.3, -0.25) is 9.59 Å². The number of thiazole rings is 1. The highest BCUT2D eigenvalue weighted by Crippen LogP contribution is 2.36. The Morgan fingerprint density at radius 1 is 1.16 bits per heavy atom. The van der Waals surface area contributed by atoms with Crippen LogP contribution in [0.5, 0.6) is 11.5 Å². The molecule has 8 nitrogen and oxygen atoms in total. The van der Waals surface area contributed by atoms with Crippen molar-refractivity contribution >= 4 is 34.0 Å². The van der Waals surface area contributed by atoms with Crippen LogP contribution in [0.2, 0.25) is 0 Å². The third-order valence-electron chi connectivity index (χ3n) is 5.96. The lowest BCUT2D eigenvalue weighted by atomic mass is 9.90. The predicted octanol–water partition coefficient (Wildman–Crippen LogP) is 2.57. The number of aryl methyl sites for hydroxylation is 1. The van der Waals surface area contributed by atoms with E-state index in [0.717, 1.165) is 49.8 Å². The molecular weight excluding hydrogens is 416 g/mol. The molecule has 2 amide bonds. The van der Waals surface area contributed by atoms with Crippen LogP contribution in [0, 0.1) is 5.92 Å². The van der Waals surface area contributed by atoms with E-state index in [1.165, 1.54) is 4.88 Å². The van der Waals surface area contributed by atoms with Gasteiger partial charge in [-0.15, -0.1) is 11.3 Å². The fraction of sp³-hybridized carbons (Fsp3) is 0.500. The summed E-state index contributed by atoms with van der Waals surface area (Å²) in [7, 11) is 3.18. The van der Waals surface area contributed by atoms with Crippen LogP contribution in [0.4, 0.5) is 10.8 Å². The van der Waals surface area contributed by atoms with Gasteiger partial charge in [0.15, 0.2) is 5.13 Å². The SMILES string of the molecule is COc1ccc(OC)c(NC(=O)[C@@H]2CCc3nc(N4CCN(C(C)=O)CC4)sc3C2)c1. The summed E-state index contributed by atoms with van der Waals surface area (Å²) in [4.78, 5) is 34.7. The maximum Gasteiger partial charge on any atom is 0.227 e. The van der Waals surface area contributed by atoms with Crippen LogP contribution in [0.1, 0.15) is 23.9 Å². The van der Waals surface area contributed by atoms with Crippen molar-refractivity contribution in [3.8, 4) is 11.5 Å². The number of aromatic nitrogens is 1. The van der Waals surface area contributed by atoms with Gasteiger partial charge in [-0.25, -0.2) is 4.98 Å². The van der Waals surface area contributed by atoms with Crippen LogP contribution in [-0.4, -0.2) is 62.1 Å². The molecule has 1 fully saturated rings. The summed E-state index contributed by atoms with van der Waals surface area (Å²) in [6.45, 7) is 4.67. The van der Waals surface area contributed by atoms with E-state index in [1.807, 2.05) is 4.90 Å². The highest BCUT2D eigenvalue weighted by Gasteiger charge is 2.30. The highest BCUT2D eigenvalue weighted by atomic mass is 32.1. The maximum absolute atomic E-state index is 13.0. The van der Waals surface area contributed by atoms with Crippen LogP contribution in [-0.2, 0) is 22.4 Å². The number of fused-ring (bicyclic) bond motifs is 1. The monoisotopic (exact) mass is 444 g/mol. The first-order valence-electron chi connectivity index (χ1n) is 10.5. The normalized spacial score (nSPS) is 18.4. The first-order chi connectivity index (χ1) is 15.0. The molecule has 1 saturated heterocycles. The van der Waals surface area contributed by atoms with Crippen molar-refractivity contribution in [3.05, 3.63) is 28.8 Å². The van der Waals surface area contributed by atoms with Crippen LogP contribution in [0.25, 0.3) is 0 Å². The zero-order chi connectivity index (χ0) is 22.0. The Hall–Kier alpha value is -2.81. The third-order valence-corrected chi connectivity index (χ3v) is 7.14. The van der Waals surface area contributed by atoms with Gasteiger partial charge in [-0.1, -0.05) is 0 Å². The van der Waals surface area contributed by atoms with E-state index in [1.54, 1.807) is 50.7 Å². The lowest BCUT2D eigenvalue weighted by molar-refractivity contribution is -0.129. The second kappa shape index (κ2) is 9.13. The largest absolute Gasteiger partial charge is 0.497 e. The van der Waals surface area contributed by atoms with Crippen molar-refractivity contribution in [2.24, 2.45) is 5.92 Å². The number of carbonyl (C=O) groups excluding carboxylic acids is 2. The number of ether oxygens (including phenoxy) is 2. The molecule has 166 valence electrons. The van der Waals surface area contributed by atoms with Gasteiger partial charge in [-0.2, -0.15) is 0 Å². The van der Waals surface area contributed by atoms with E-state index >= 15 is 0 Å². The lowest BCUT2D eigenvalue weighted by Crippen LogP contribution is -2.48. The molecule has 0 spiro atoms. The molecule has 1 atom stereocenters. The molecule has 1 aliphatic carbocycles. The summed E-state index contributed by atoms with van der Waals surface area (Å²) in [5.74, 6) is 1.28. The molecule has 1 aromatic carbocycles. The smallest absolute Gasteiger partial charge is 0.227 e. The summed E-state index contributed by atoms with van der Waals surface area (Å²) < 4.78 is 10.6. The Morgan fingerprint density at radius 2 is 1.94 bits per heavy atom. The van der Waals surface area contributed by atoms with E-state index in [-0.39, 0.29) is 17.7 Å². The van der Waals surface area contributed by atoms with Crippen LogP contribution >= 0.6 is 11.3 Å². The highest BCUT2D eigenvalue weighted by molar-refractivity contribution is 7.15. The molecule has 31 heavy (non-hydrogen) atoms. The molecule has 2 aliphatic rings. The van der Waals surface area contributed by atoms with E-state index in [4.69, 9.17) is 14.5 Å². The molecule has 0 bridgehead atoms. The molecule has 2 heterocycles. The minimum absolute atomic E-state index is 0.0118. The van der Waals surface area contributed by atoms with Crippen LogP contribution in [0.15, 0.2) is 18.2 Å². The fourth-order valence-electron chi connectivity index (χ4n) is 4.08. The Morgan fingerprint density at radius 3 is 2.61 bits per heavy atom. The first kappa shape index (κ1) is 21.4. The number of hydrogen-bond donors (Lipinski definition) is 1. The average molecular weight is 445 g/mol. The number of rotatable bonds is 5. The van der Waals surface area contributed by atoms with Crippen molar-refractivity contribution in [1.82, 2.24) is 9.88 Å². The minimum Gasteiger partial charge on any atom is -0.497 e. The number of nitrogens with one attached hydrogen (secondary N) is 1. The van der Waals surface area contributed by atoms with E-state index in [0.29, 0.717) is 23.6 Å². The molecule has 1 N–H and O–H groups in total. The van der Waals surface area contributed by atoms with Gasteiger partial charge in [0, 0.05) is 50.0 Å². The van der Waals surface area contributed by atoms with Crippen molar-refractivity contribution < 1.29 is 19.1 Å². The van der Waals surface area contributed by atoms with Crippen molar-refractivity contribution in [3.63, 3.8) is 0 Å². The Bertz CT molecular complexity index is 968. The van der Waals surface area contributed by atoms with Gasteiger partial charge in [0.1, 0.15) is 11.5 Å². The Labute approximate surface area is 186 Å². The van der Waals surface area contributed by atoms with Gasteiger partial charge in [-0.05, 0) is 31.4 Å². The third kappa shape index (κ3) is 4.61. The Kier molecular flexibility index (Phi) is 6.31. The summed E-state index contributed by atoms with van der Waals surface area (Å²) in [5, 5.41) is 4.02. The second-order valence-electron chi connectivity index (χ2n) is 7.85. The van der Waals surface area contributed by atoms with Gasteiger partial charge in [0.05, 0.1) is 25.6 Å². The fourth-order valence-corrected chi connectivity index (χ4v) is 5.32. The molecule has 4 rings (SSSR count). The van der Waals surface area contributed by atoms with Gasteiger partial charge in [0.25, 0.3) is 0 Å². The molecule has 0 radical (unpaired) electrons. The average Bonchev–Trinajstić information content (AvgIpc) is 3.22. The van der Waals surface area contributed by atoms with Crippen molar-refractivity contribution in [1.29, 1.82) is 0 Å². The first-order valence-corrected chi connectivity index (χ1v) is 11.3. The molecule has 0 unspecified atom stereocenters. The standard InChI is InChI=1S/C22H28N4O4S/c1-14(27)25-8-10-26(11-9-25)22-24-17-6-4-15(12-20(17)31-22)21(28)23-18-13-16(29-2)5-7-19(18)30-3/h5,7,13,15H,4,6,8-12H2,1-3H3,(H,23,28)/t15-/m1/s1. The van der Waals surface area contributed by atoms with E-state index in [2.05, 4.69) is 10.2 Å². The Balaban J connectivity index is 1.41. The number of piperazine rings is 1. The van der Waals surface area contributed by atoms with E-state index in [9.17, 15) is 9.59 Å². The zero-order valence-corrected chi connectivity index (χ0v) is 19.0. The molecule has 1 aromatic heterocycles. The quantitative estimate of drug-likeness (QED) is 0.763. The topological polar surface area (TPSA) is 84.0 Å². The summed E-state index contributed by atoms with van der Waals surface area (Å²) in [5.41, 5.74) is 1.72. The summed E-state index contributed by atoms with van der Waals surface area (Å²) >= 11 is 1.68. The van der Waals surface area contributed by atoms with Gasteiger partial charge < -0.3 is 24.6 Å². The van der Waals surface area contributed by atoms with Crippen molar-refractivity contribution in [2.75, 3.05) is 50.6 Å². The number of carbonyl (C=O) groups is 2.